The topological polar surface area (TPSA) is 32.3 Å². The first-order valence-electron chi connectivity index (χ1n) is 6.91. The van der Waals surface area contributed by atoms with E-state index in [2.05, 4.69) is 11.4 Å². The Morgan fingerprint density at radius 2 is 2.35 bits per heavy atom. The molecule has 2 rings (SSSR count). The summed E-state index contributed by atoms with van der Waals surface area (Å²) in [5, 5.41) is 3.44. The van der Waals surface area contributed by atoms with Gasteiger partial charge in [-0.15, -0.1) is 0 Å². The van der Waals surface area contributed by atoms with Crippen LogP contribution in [-0.2, 0) is 4.79 Å². The van der Waals surface area contributed by atoms with E-state index in [9.17, 15) is 4.79 Å². The highest BCUT2D eigenvalue weighted by atomic mass is 16.2. The second-order valence-electron chi connectivity index (χ2n) is 5.35. The summed E-state index contributed by atoms with van der Waals surface area (Å²) in [5.41, 5.74) is 1.35. The number of hydrogen-bond acceptors (Lipinski definition) is 2. The molecule has 3 heteroatoms. The molecule has 0 bridgehead atoms. The van der Waals surface area contributed by atoms with Gasteiger partial charge in [-0.2, -0.15) is 0 Å². The quantitative estimate of drug-likeness (QED) is 0.758. The third kappa shape index (κ3) is 3.84. The molecule has 17 heavy (non-hydrogen) atoms. The first-order chi connectivity index (χ1) is 8.25. The molecule has 1 unspecified atom stereocenters. The van der Waals surface area contributed by atoms with Gasteiger partial charge >= 0.3 is 0 Å². The van der Waals surface area contributed by atoms with Crippen molar-refractivity contribution < 1.29 is 4.79 Å². The lowest BCUT2D eigenvalue weighted by Gasteiger charge is -2.22. The molecule has 1 amide bonds. The summed E-state index contributed by atoms with van der Waals surface area (Å²) in [5.74, 6) is 0.284. The van der Waals surface area contributed by atoms with Crippen molar-refractivity contribution in [3.05, 3.63) is 11.6 Å². The van der Waals surface area contributed by atoms with E-state index in [1.165, 1.54) is 31.3 Å². The van der Waals surface area contributed by atoms with Crippen LogP contribution in [-0.4, -0.2) is 37.0 Å². The monoisotopic (exact) mass is 236 g/mol. The number of carbonyl (C=O) groups excluding carboxylic acids is 1. The van der Waals surface area contributed by atoms with Crippen molar-refractivity contribution in [2.75, 3.05) is 20.1 Å². The smallest absolute Gasteiger partial charge is 0.226 e. The number of carbonyl (C=O) groups is 1. The lowest BCUT2D eigenvalue weighted by atomic mass is 9.97. The summed E-state index contributed by atoms with van der Waals surface area (Å²) in [6.45, 7) is 1.98. The van der Waals surface area contributed by atoms with Crippen LogP contribution < -0.4 is 5.32 Å². The maximum Gasteiger partial charge on any atom is 0.226 e. The van der Waals surface area contributed by atoms with Crippen molar-refractivity contribution in [2.45, 2.75) is 51.0 Å². The molecule has 1 aliphatic carbocycles. The highest BCUT2D eigenvalue weighted by molar-refractivity contribution is 5.78. The molecule has 1 N–H and O–H groups in total. The molecular weight excluding hydrogens is 212 g/mol. The fraction of sp³-hybridized carbons (Fsp3) is 0.786. The van der Waals surface area contributed by atoms with Crippen molar-refractivity contribution >= 4 is 5.91 Å². The highest BCUT2D eigenvalue weighted by Gasteiger charge is 2.19. The number of hydrogen-bond donors (Lipinski definition) is 1. The van der Waals surface area contributed by atoms with E-state index < -0.39 is 0 Å². The number of nitrogens with one attached hydrogen (secondary N) is 1. The predicted octanol–water partition coefficient (Wildman–Crippen LogP) is 2.09. The zero-order valence-electron chi connectivity index (χ0n) is 10.9. The van der Waals surface area contributed by atoms with Gasteiger partial charge in [0.05, 0.1) is 0 Å². The first kappa shape index (κ1) is 12.6. The standard InChI is InChI=1S/C14H24N2O/c1-16(11-13-8-5-9-15-13)14(17)10-12-6-3-2-4-7-12/h6,13,15H,2-5,7-11H2,1H3. The van der Waals surface area contributed by atoms with Gasteiger partial charge in [0.15, 0.2) is 0 Å². The van der Waals surface area contributed by atoms with E-state index in [0.717, 1.165) is 25.9 Å². The van der Waals surface area contributed by atoms with E-state index in [-0.39, 0.29) is 5.91 Å². The van der Waals surface area contributed by atoms with Crippen molar-refractivity contribution in [1.29, 1.82) is 0 Å². The summed E-state index contributed by atoms with van der Waals surface area (Å²) < 4.78 is 0. The number of amides is 1. The minimum absolute atomic E-state index is 0.284. The van der Waals surface area contributed by atoms with Gasteiger partial charge in [0.25, 0.3) is 0 Å². The Bertz CT molecular complexity index is 293. The Hall–Kier alpha value is -0.830. The molecule has 3 nitrogen and oxygen atoms in total. The molecule has 0 aromatic rings. The van der Waals surface area contributed by atoms with Gasteiger partial charge in [-0.1, -0.05) is 11.6 Å². The third-order valence-corrected chi connectivity index (χ3v) is 3.85. The van der Waals surface area contributed by atoms with Crippen molar-refractivity contribution in [3.8, 4) is 0 Å². The third-order valence-electron chi connectivity index (χ3n) is 3.85. The van der Waals surface area contributed by atoms with Crippen LogP contribution in [0.1, 0.15) is 44.9 Å². The molecule has 0 radical (unpaired) electrons. The van der Waals surface area contributed by atoms with E-state index in [1.54, 1.807) is 0 Å². The molecule has 2 aliphatic rings. The number of nitrogens with zero attached hydrogens (tertiary/aromatic N) is 1. The number of likely N-dealkylation sites (N-methyl/N-ethyl adjacent to an activating group) is 1. The molecule has 0 aromatic carbocycles. The second-order valence-corrected chi connectivity index (χ2v) is 5.35. The van der Waals surface area contributed by atoms with Gasteiger partial charge in [-0.25, -0.2) is 0 Å². The van der Waals surface area contributed by atoms with Crippen LogP contribution >= 0.6 is 0 Å². The lowest BCUT2D eigenvalue weighted by Crippen LogP contribution is -2.38. The molecule has 0 saturated carbocycles. The SMILES string of the molecule is CN(CC1CCCN1)C(=O)CC1=CCCCC1. The largest absolute Gasteiger partial charge is 0.344 e. The molecule has 1 aliphatic heterocycles. The summed E-state index contributed by atoms with van der Waals surface area (Å²) in [6.07, 6.45) is 10.2. The van der Waals surface area contributed by atoms with Gasteiger partial charge in [-0.3, -0.25) is 4.79 Å². The molecule has 1 heterocycles. The van der Waals surface area contributed by atoms with Crippen molar-refractivity contribution in [1.82, 2.24) is 10.2 Å². The van der Waals surface area contributed by atoms with Gasteiger partial charge in [0.2, 0.25) is 5.91 Å². The average molecular weight is 236 g/mol. The summed E-state index contributed by atoms with van der Waals surface area (Å²) >= 11 is 0. The Kier molecular flexibility index (Phi) is 4.60. The Balaban J connectivity index is 1.76. The maximum atomic E-state index is 12.1. The molecule has 0 aromatic heterocycles. The zero-order valence-corrected chi connectivity index (χ0v) is 10.9. The lowest BCUT2D eigenvalue weighted by molar-refractivity contribution is -0.129. The van der Waals surface area contributed by atoms with Gasteiger partial charge in [-0.05, 0) is 45.1 Å². The van der Waals surface area contributed by atoms with Crippen molar-refractivity contribution in [3.63, 3.8) is 0 Å². The van der Waals surface area contributed by atoms with Crippen LogP contribution in [0.25, 0.3) is 0 Å². The molecular formula is C14H24N2O. The highest BCUT2D eigenvalue weighted by Crippen LogP contribution is 2.20. The first-order valence-corrected chi connectivity index (χ1v) is 6.91. The Morgan fingerprint density at radius 3 is 3.00 bits per heavy atom. The van der Waals surface area contributed by atoms with E-state index in [4.69, 9.17) is 0 Å². The van der Waals surface area contributed by atoms with Crippen molar-refractivity contribution in [2.24, 2.45) is 0 Å². The fourth-order valence-electron chi connectivity index (χ4n) is 2.74. The minimum atomic E-state index is 0.284. The van der Waals surface area contributed by atoms with Crippen LogP contribution in [0.15, 0.2) is 11.6 Å². The second kappa shape index (κ2) is 6.20. The predicted molar refractivity (Wildman–Crippen MR) is 69.8 cm³/mol. The normalized spacial score (nSPS) is 24.5. The molecule has 1 atom stereocenters. The zero-order chi connectivity index (χ0) is 12.1. The average Bonchev–Trinajstić information content (AvgIpc) is 2.83. The molecule has 96 valence electrons. The van der Waals surface area contributed by atoms with Gasteiger partial charge in [0.1, 0.15) is 0 Å². The van der Waals surface area contributed by atoms with Gasteiger partial charge < -0.3 is 10.2 Å². The number of rotatable bonds is 4. The van der Waals surface area contributed by atoms with E-state index in [1.807, 2.05) is 11.9 Å². The van der Waals surface area contributed by atoms with Crippen LogP contribution in [0, 0.1) is 0 Å². The summed E-state index contributed by atoms with van der Waals surface area (Å²) in [6, 6.07) is 0.518. The van der Waals surface area contributed by atoms with E-state index in [0.29, 0.717) is 12.5 Å². The minimum Gasteiger partial charge on any atom is -0.344 e. The molecule has 0 spiro atoms. The Morgan fingerprint density at radius 1 is 1.47 bits per heavy atom. The van der Waals surface area contributed by atoms with Crippen LogP contribution in [0.4, 0.5) is 0 Å². The fourth-order valence-corrected chi connectivity index (χ4v) is 2.74. The Labute approximate surface area is 104 Å². The summed E-state index contributed by atoms with van der Waals surface area (Å²) in [4.78, 5) is 14.0. The summed E-state index contributed by atoms with van der Waals surface area (Å²) in [7, 11) is 1.94. The van der Waals surface area contributed by atoms with E-state index >= 15 is 0 Å². The maximum absolute atomic E-state index is 12.1. The van der Waals surface area contributed by atoms with Crippen LogP contribution in [0.5, 0.6) is 0 Å². The van der Waals surface area contributed by atoms with Crippen LogP contribution in [0.2, 0.25) is 0 Å². The van der Waals surface area contributed by atoms with Gasteiger partial charge in [0, 0.05) is 26.1 Å². The molecule has 1 fully saturated rings. The molecule has 1 saturated heterocycles. The van der Waals surface area contributed by atoms with Crippen LogP contribution in [0.3, 0.4) is 0 Å². The number of allylic oxidation sites excluding steroid dienone is 1.